The van der Waals surface area contributed by atoms with E-state index in [-0.39, 0.29) is 18.1 Å². The standard InChI is InChI=1S/C19H17F3N4O2.ClH/c1-12-3-7-14(8-4-12)24-25-28-18(27)16-11-23-26(17(16)19(20,21)22)15-9-5-13(2)6-10-15;/h3-11,24-25H,1-2H3;1H. The van der Waals surface area contributed by atoms with Crippen LogP contribution in [0, 0.1) is 13.8 Å². The van der Waals surface area contributed by atoms with Gasteiger partial charge in [0.2, 0.25) is 0 Å². The highest BCUT2D eigenvalue weighted by atomic mass is 35.5. The lowest BCUT2D eigenvalue weighted by Gasteiger charge is -2.13. The number of halogens is 4. The van der Waals surface area contributed by atoms with E-state index in [1.807, 2.05) is 26.0 Å². The van der Waals surface area contributed by atoms with E-state index in [4.69, 9.17) is 4.84 Å². The molecule has 6 nitrogen and oxygen atoms in total. The first kappa shape index (κ1) is 22.3. The van der Waals surface area contributed by atoms with Crippen molar-refractivity contribution in [3.63, 3.8) is 0 Å². The predicted molar refractivity (Wildman–Crippen MR) is 104 cm³/mol. The molecule has 3 rings (SSSR count). The third-order valence-corrected chi connectivity index (χ3v) is 3.93. The minimum atomic E-state index is -4.81. The van der Waals surface area contributed by atoms with Crippen molar-refractivity contribution in [2.75, 3.05) is 5.43 Å². The Balaban J connectivity index is 0.00000300. The van der Waals surface area contributed by atoms with Crippen molar-refractivity contribution in [2.24, 2.45) is 0 Å². The van der Waals surface area contributed by atoms with E-state index in [9.17, 15) is 18.0 Å². The molecule has 0 fully saturated rings. The van der Waals surface area contributed by atoms with Gasteiger partial charge >= 0.3 is 12.1 Å². The molecule has 1 heterocycles. The quantitative estimate of drug-likeness (QED) is 0.583. The SMILES string of the molecule is Cc1ccc(NNOC(=O)c2cnn(-c3ccc(C)cc3)c2C(F)(F)F)cc1.Cl. The van der Waals surface area contributed by atoms with Gasteiger partial charge in [-0.1, -0.05) is 41.0 Å². The molecule has 29 heavy (non-hydrogen) atoms. The Hall–Kier alpha value is -3.04. The van der Waals surface area contributed by atoms with Crippen molar-refractivity contribution < 1.29 is 22.8 Å². The minimum absolute atomic E-state index is 0. The fourth-order valence-corrected chi connectivity index (χ4v) is 2.47. The Bertz CT molecular complexity index is 971. The maximum Gasteiger partial charge on any atom is 0.434 e. The highest BCUT2D eigenvalue weighted by Crippen LogP contribution is 2.34. The summed E-state index contributed by atoms with van der Waals surface area (Å²) in [6.45, 7) is 3.72. The molecule has 10 heteroatoms. The van der Waals surface area contributed by atoms with Crippen molar-refractivity contribution in [1.82, 2.24) is 15.4 Å². The van der Waals surface area contributed by atoms with Crippen LogP contribution in [-0.4, -0.2) is 15.7 Å². The van der Waals surface area contributed by atoms with Gasteiger partial charge in [-0.15, -0.1) is 12.4 Å². The van der Waals surface area contributed by atoms with Gasteiger partial charge in [-0.05, 0) is 38.1 Å². The molecule has 2 aromatic carbocycles. The maximum atomic E-state index is 13.6. The van der Waals surface area contributed by atoms with E-state index in [1.54, 1.807) is 24.3 Å². The van der Waals surface area contributed by atoms with Gasteiger partial charge in [-0.2, -0.15) is 18.3 Å². The van der Waals surface area contributed by atoms with E-state index >= 15 is 0 Å². The molecule has 0 aliphatic carbocycles. The lowest BCUT2D eigenvalue weighted by atomic mass is 10.2. The van der Waals surface area contributed by atoms with Gasteiger partial charge in [0.05, 0.1) is 17.6 Å². The van der Waals surface area contributed by atoms with Crippen molar-refractivity contribution in [3.05, 3.63) is 77.1 Å². The number of nitrogens with one attached hydrogen (secondary N) is 2. The highest BCUT2D eigenvalue weighted by molar-refractivity contribution is 5.90. The number of anilines is 1. The second kappa shape index (κ2) is 8.97. The average Bonchev–Trinajstić information content (AvgIpc) is 3.09. The lowest BCUT2D eigenvalue weighted by Crippen LogP contribution is -2.27. The zero-order chi connectivity index (χ0) is 20.3. The zero-order valence-electron chi connectivity index (χ0n) is 15.4. The molecule has 0 saturated heterocycles. The van der Waals surface area contributed by atoms with Gasteiger partial charge < -0.3 is 4.84 Å². The molecule has 1 aromatic heterocycles. The monoisotopic (exact) mass is 426 g/mol. The molecule has 3 aromatic rings. The fraction of sp³-hybridized carbons (Fsp3) is 0.158. The lowest BCUT2D eigenvalue weighted by molar-refractivity contribution is -0.143. The number of hydrogen-bond donors (Lipinski definition) is 2. The summed E-state index contributed by atoms with van der Waals surface area (Å²) in [7, 11) is 0. The van der Waals surface area contributed by atoms with E-state index in [0.717, 1.165) is 17.3 Å². The molecular weight excluding hydrogens is 409 g/mol. The normalized spacial score (nSPS) is 10.9. The van der Waals surface area contributed by atoms with Crippen LogP contribution in [0.2, 0.25) is 0 Å². The summed E-state index contributed by atoms with van der Waals surface area (Å²) < 4.78 is 41.4. The summed E-state index contributed by atoms with van der Waals surface area (Å²) in [6, 6.07) is 13.4. The molecule has 0 aliphatic rings. The van der Waals surface area contributed by atoms with Crippen LogP contribution in [0.25, 0.3) is 5.69 Å². The van der Waals surface area contributed by atoms with Crippen LogP contribution < -0.4 is 11.0 Å². The highest BCUT2D eigenvalue weighted by Gasteiger charge is 2.41. The molecule has 0 unspecified atom stereocenters. The van der Waals surface area contributed by atoms with Crippen LogP contribution in [-0.2, 0) is 11.0 Å². The Kier molecular flexibility index (Phi) is 6.89. The molecule has 0 aliphatic heterocycles. The number of nitrogens with zero attached hydrogens (tertiary/aromatic N) is 2. The Morgan fingerprint density at radius 3 is 2.10 bits per heavy atom. The van der Waals surface area contributed by atoms with E-state index in [0.29, 0.717) is 10.4 Å². The van der Waals surface area contributed by atoms with Crippen LogP contribution in [0.5, 0.6) is 0 Å². The van der Waals surface area contributed by atoms with Gasteiger partial charge in [0, 0.05) is 0 Å². The summed E-state index contributed by atoms with van der Waals surface area (Å²) in [5.41, 5.74) is 5.48. The van der Waals surface area contributed by atoms with Gasteiger partial charge in [0.1, 0.15) is 5.56 Å². The predicted octanol–water partition coefficient (Wildman–Crippen LogP) is 4.62. The van der Waals surface area contributed by atoms with Gasteiger partial charge in [0.15, 0.2) is 5.69 Å². The third kappa shape index (κ3) is 5.27. The third-order valence-electron chi connectivity index (χ3n) is 3.93. The number of carbonyl (C=O) groups excluding carboxylic acids is 1. The Morgan fingerprint density at radius 1 is 1.00 bits per heavy atom. The first-order valence-electron chi connectivity index (χ1n) is 8.27. The van der Waals surface area contributed by atoms with E-state index in [1.165, 1.54) is 12.1 Å². The largest absolute Gasteiger partial charge is 0.434 e. The maximum absolute atomic E-state index is 13.6. The number of carbonyl (C=O) groups is 1. The second-order valence-corrected chi connectivity index (χ2v) is 6.13. The molecule has 154 valence electrons. The molecule has 0 bridgehead atoms. The van der Waals surface area contributed by atoms with Crippen LogP contribution in [0.3, 0.4) is 0 Å². The second-order valence-electron chi connectivity index (χ2n) is 6.13. The summed E-state index contributed by atoms with van der Waals surface area (Å²) in [5, 5.41) is 3.73. The molecule has 0 radical (unpaired) electrons. The van der Waals surface area contributed by atoms with Crippen molar-refractivity contribution in [1.29, 1.82) is 0 Å². The number of benzene rings is 2. The van der Waals surface area contributed by atoms with Crippen molar-refractivity contribution >= 4 is 24.1 Å². The summed E-state index contributed by atoms with van der Waals surface area (Å²) in [5.74, 6) is -1.22. The number of aromatic nitrogens is 2. The molecular formula is C19H18ClF3N4O2. The number of hydrazine groups is 1. The summed E-state index contributed by atoms with van der Waals surface area (Å²) in [4.78, 5) is 16.9. The van der Waals surface area contributed by atoms with Gasteiger partial charge in [0.25, 0.3) is 0 Å². The number of hydrogen-bond acceptors (Lipinski definition) is 5. The minimum Gasteiger partial charge on any atom is -0.346 e. The van der Waals surface area contributed by atoms with Crippen LogP contribution in [0.1, 0.15) is 27.2 Å². The Morgan fingerprint density at radius 2 is 1.55 bits per heavy atom. The number of alkyl halides is 3. The van der Waals surface area contributed by atoms with Gasteiger partial charge in [-0.25, -0.2) is 9.48 Å². The van der Waals surface area contributed by atoms with E-state index in [2.05, 4.69) is 16.1 Å². The molecule has 0 spiro atoms. The molecule has 0 saturated carbocycles. The molecule has 2 N–H and O–H groups in total. The molecule has 0 atom stereocenters. The van der Waals surface area contributed by atoms with Crippen LogP contribution in [0.15, 0.2) is 54.7 Å². The smallest absolute Gasteiger partial charge is 0.346 e. The molecule has 0 amide bonds. The summed E-state index contributed by atoms with van der Waals surface area (Å²) >= 11 is 0. The average molecular weight is 427 g/mol. The first-order valence-corrected chi connectivity index (χ1v) is 8.27. The van der Waals surface area contributed by atoms with Crippen molar-refractivity contribution in [2.45, 2.75) is 20.0 Å². The topological polar surface area (TPSA) is 68.2 Å². The van der Waals surface area contributed by atoms with E-state index < -0.39 is 23.4 Å². The Labute approximate surface area is 171 Å². The number of rotatable bonds is 5. The van der Waals surface area contributed by atoms with Crippen molar-refractivity contribution in [3.8, 4) is 5.69 Å². The van der Waals surface area contributed by atoms with Crippen LogP contribution in [0.4, 0.5) is 18.9 Å². The van der Waals surface area contributed by atoms with Gasteiger partial charge in [-0.3, -0.25) is 5.43 Å². The summed E-state index contributed by atoms with van der Waals surface area (Å²) in [6.07, 6.45) is -3.97. The zero-order valence-corrected chi connectivity index (χ0v) is 16.3. The fourth-order valence-electron chi connectivity index (χ4n) is 2.47. The van der Waals surface area contributed by atoms with Crippen LogP contribution >= 0.6 is 12.4 Å². The first-order chi connectivity index (χ1) is 13.3. The number of aryl methyl sites for hydroxylation is 2.